The zero-order valence-corrected chi connectivity index (χ0v) is 25.6. The minimum absolute atomic E-state index is 0.130. The normalized spacial score (nSPS) is 21.3. The number of aliphatic hydroxyl groups is 2. The van der Waals surface area contributed by atoms with Gasteiger partial charge in [0.2, 0.25) is 11.8 Å². The van der Waals surface area contributed by atoms with Crippen LogP contribution in [-0.4, -0.2) is 46.5 Å². The fourth-order valence-corrected chi connectivity index (χ4v) is 6.68. The fourth-order valence-electron chi connectivity index (χ4n) is 6.30. The molecule has 0 unspecified atom stereocenters. The minimum atomic E-state index is -0.966. The Bertz CT molecular complexity index is 1520. The number of fused-ring (bicyclic) bond motifs is 1. The van der Waals surface area contributed by atoms with Crippen LogP contribution in [0.5, 0.6) is 11.5 Å². The van der Waals surface area contributed by atoms with E-state index in [2.05, 4.69) is 15.9 Å². The Balaban J connectivity index is 1.45. The van der Waals surface area contributed by atoms with E-state index >= 15 is 0 Å². The van der Waals surface area contributed by atoms with E-state index in [-0.39, 0.29) is 37.2 Å². The summed E-state index contributed by atoms with van der Waals surface area (Å²) in [5.74, 6) is -1.98. The van der Waals surface area contributed by atoms with Crippen molar-refractivity contribution >= 4 is 39.5 Å². The molecule has 4 atom stereocenters. The van der Waals surface area contributed by atoms with Crippen LogP contribution in [0.2, 0.25) is 0 Å². The molecule has 3 aromatic carbocycles. The highest BCUT2D eigenvalue weighted by Gasteiger charge is 2.55. The molecule has 3 aromatic rings. The Morgan fingerprint density at radius 2 is 1.74 bits per heavy atom. The molecular formula is C35H36BrNO6. The molecule has 0 saturated carbocycles. The van der Waals surface area contributed by atoms with Gasteiger partial charge in [-0.1, -0.05) is 70.9 Å². The van der Waals surface area contributed by atoms with Gasteiger partial charge in [-0.25, -0.2) is 0 Å². The van der Waals surface area contributed by atoms with Gasteiger partial charge in [0.15, 0.2) is 0 Å². The summed E-state index contributed by atoms with van der Waals surface area (Å²) in [7, 11) is 0. The number of imide groups is 1. The smallest absolute Gasteiger partial charge is 0.238 e. The van der Waals surface area contributed by atoms with E-state index in [0.717, 1.165) is 22.0 Å². The van der Waals surface area contributed by atoms with Crippen molar-refractivity contribution in [1.82, 2.24) is 0 Å². The number of carbonyl (C=O) groups is 2. The lowest BCUT2D eigenvalue weighted by molar-refractivity contribution is -0.123. The van der Waals surface area contributed by atoms with Gasteiger partial charge in [0.1, 0.15) is 18.1 Å². The number of anilines is 1. The average molecular weight is 647 g/mol. The summed E-state index contributed by atoms with van der Waals surface area (Å²) in [6.07, 6.45) is 2.82. The molecule has 1 heterocycles. The van der Waals surface area contributed by atoms with Gasteiger partial charge in [0.05, 0.1) is 30.2 Å². The largest absolute Gasteiger partial charge is 0.507 e. The molecule has 1 aliphatic heterocycles. The van der Waals surface area contributed by atoms with Crippen LogP contribution in [0.4, 0.5) is 5.69 Å². The number of phenols is 1. The van der Waals surface area contributed by atoms with Crippen molar-refractivity contribution in [3.8, 4) is 11.5 Å². The molecule has 0 spiro atoms. The highest BCUT2D eigenvalue weighted by atomic mass is 79.9. The van der Waals surface area contributed by atoms with E-state index < -0.39 is 23.9 Å². The molecule has 43 heavy (non-hydrogen) atoms. The highest BCUT2D eigenvalue weighted by molar-refractivity contribution is 9.10. The van der Waals surface area contributed by atoms with E-state index in [0.29, 0.717) is 35.4 Å². The quantitative estimate of drug-likeness (QED) is 0.167. The maximum absolute atomic E-state index is 13.8. The van der Waals surface area contributed by atoms with Crippen LogP contribution < -0.4 is 9.64 Å². The van der Waals surface area contributed by atoms with Crippen molar-refractivity contribution in [2.75, 3.05) is 18.1 Å². The van der Waals surface area contributed by atoms with Crippen LogP contribution in [-0.2, 0) is 9.59 Å². The predicted molar refractivity (Wildman–Crippen MR) is 169 cm³/mol. The molecule has 0 bridgehead atoms. The van der Waals surface area contributed by atoms with Crippen molar-refractivity contribution in [3.05, 3.63) is 106 Å². The molecule has 2 aliphatic rings. The first-order chi connectivity index (χ1) is 20.8. The lowest BCUT2D eigenvalue weighted by Crippen LogP contribution is -2.40. The number of phenolic OH excluding ortho intramolecular Hbond substituents is 1. The molecule has 1 fully saturated rings. The number of benzene rings is 3. The van der Waals surface area contributed by atoms with Crippen LogP contribution >= 0.6 is 15.9 Å². The van der Waals surface area contributed by atoms with Gasteiger partial charge >= 0.3 is 0 Å². The summed E-state index contributed by atoms with van der Waals surface area (Å²) in [6, 6.07) is 23.4. The van der Waals surface area contributed by atoms with Crippen molar-refractivity contribution in [2.24, 2.45) is 17.8 Å². The summed E-state index contributed by atoms with van der Waals surface area (Å²) in [6.45, 7) is 1.77. The number of aliphatic hydroxyl groups excluding tert-OH is 2. The molecule has 1 aliphatic carbocycles. The molecule has 0 radical (unpaired) electrons. The number of ether oxygens (including phenoxy) is 1. The maximum Gasteiger partial charge on any atom is 0.238 e. The summed E-state index contributed by atoms with van der Waals surface area (Å²) >= 11 is 3.45. The summed E-state index contributed by atoms with van der Waals surface area (Å²) < 4.78 is 6.94. The predicted octanol–water partition coefficient (Wildman–Crippen LogP) is 6.28. The number of allylic oxidation sites excluding steroid dienone is 1. The Morgan fingerprint density at radius 3 is 2.42 bits per heavy atom. The van der Waals surface area contributed by atoms with Crippen molar-refractivity contribution in [2.45, 2.75) is 38.7 Å². The van der Waals surface area contributed by atoms with Crippen LogP contribution in [0.3, 0.4) is 0 Å². The molecule has 3 N–H and O–H groups in total. The van der Waals surface area contributed by atoms with Gasteiger partial charge in [-0.15, -0.1) is 0 Å². The molecule has 0 aromatic heterocycles. The SMILES string of the molecule is CC/C(=C\c1cc(Br)ccc1O)CC[C@@H](O)C1=C(COc2ccccc2)C[C@H]2C(=O)N(c3ccccc3)C(=O)[C@H]2[C@H]1CO. The molecule has 2 amide bonds. The maximum atomic E-state index is 13.8. The number of halogens is 1. The van der Waals surface area contributed by atoms with Crippen LogP contribution in [0, 0.1) is 17.8 Å². The molecule has 8 heteroatoms. The number of hydrogen-bond acceptors (Lipinski definition) is 6. The first-order valence-electron chi connectivity index (χ1n) is 14.6. The van der Waals surface area contributed by atoms with Crippen LogP contribution in [0.1, 0.15) is 38.2 Å². The molecule has 7 nitrogen and oxygen atoms in total. The second-order valence-electron chi connectivity index (χ2n) is 11.0. The number of rotatable bonds is 11. The number of amides is 2. The zero-order chi connectivity index (χ0) is 30.5. The third-order valence-corrected chi connectivity index (χ3v) is 8.95. The number of aromatic hydroxyl groups is 1. The third kappa shape index (κ3) is 6.61. The van der Waals surface area contributed by atoms with E-state index in [9.17, 15) is 24.9 Å². The fraction of sp³-hybridized carbons (Fsp3) is 0.314. The van der Waals surface area contributed by atoms with Gasteiger partial charge in [-0.05, 0) is 79.3 Å². The number of para-hydroxylation sites is 2. The Labute approximate surface area is 260 Å². The first kappa shape index (κ1) is 30.7. The minimum Gasteiger partial charge on any atom is -0.507 e. The number of hydrogen-bond donors (Lipinski definition) is 3. The van der Waals surface area contributed by atoms with Crippen molar-refractivity contribution < 1.29 is 29.6 Å². The van der Waals surface area contributed by atoms with Gasteiger partial charge in [-0.2, -0.15) is 0 Å². The highest BCUT2D eigenvalue weighted by Crippen LogP contribution is 2.47. The zero-order valence-electron chi connectivity index (χ0n) is 24.0. The number of carbonyl (C=O) groups excluding carboxylic acids is 2. The second kappa shape index (κ2) is 13.7. The Hall–Kier alpha value is -3.72. The van der Waals surface area contributed by atoms with E-state index in [1.807, 2.05) is 55.5 Å². The monoisotopic (exact) mass is 645 g/mol. The summed E-state index contributed by atoms with van der Waals surface area (Å²) in [4.78, 5) is 28.7. The lowest BCUT2D eigenvalue weighted by Gasteiger charge is -2.36. The van der Waals surface area contributed by atoms with Crippen LogP contribution in [0.25, 0.3) is 6.08 Å². The number of nitrogens with zero attached hydrogens (tertiary/aromatic N) is 1. The van der Waals surface area contributed by atoms with Gasteiger partial charge < -0.3 is 20.1 Å². The lowest BCUT2D eigenvalue weighted by atomic mass is 9.68. The standard InChI is InChI=1S/C35H36BrNO6/c1-2-22(17-23-18-25(36)14-16-30(23)39)13-15-31(40)32-24(21-43-27-11-7-4-8-12-27)19-28-33(29(32)20-38)35(42)37(34(28)41)26-9-5-3-6-10-26/h3-12,14,16-18,28-29,31,33,38-40H,2,13,15,19-21H2,1H3/b22-17+/t28-,29+,31-,33-/m1/s1. The summed E-state index contributed by atoms with van der Waals surface area (Å²) in [5.41, 5.74) is 3.53. The molecular weight excluding hydrogens is 610 g/mol. The van der Waals surface area contributed by atoms with E-state index in [4.69, 9.17) is 4.74 Å². The Kier molecular flexibility index (Phi) is 9.80. The second-order valence-corrected chi connectivity index (χ2v) is 12.0. The van der Waals surface area contributed by atoms with Gasteiger partial charge in [0.25, 0.3) is 0 Å². The molecule has 5 rings (SSSR count). The van der Waals surface area contributed by atoms with Crippen LogP contribution in [0.15, 0.2) is 100 Å². The van der Waals surface area contributed by atoms with Crippen molar-refractivity contribution in [3.63, 3.8) is 0 Å². The molecule has 1 saturated heterocycles. The first-order valence-corrected chi connectivity index (χ1v) is 15.4. The summed E-state index contributed by atoms with van der Waals surface area (Å²) in [5, 5.41) is 32.7. The van der Waals surface area contributed by atoms with Gasteiger partial charge in [-0.3, -0.25) is 14.5 Å². The van der Waals surface area contributed by atoms with E-state index in [1.54, 1.807) is 36.4 Å². The average Bonchev–Trinajstić information content (AvgIpc) is 3.28. The molecule has 224 valence electrons. The van der Waals surface area contributed by atoms with E-state index in [1.165, 1.54) is 4.90 Å². The Morgan fingerprint density at radius 1 is 1.05 bits per heavy atom. The topological polar surface area (TPSA) is 107 Å². The third-order valence-electron chi connectivity index (χ3n) is 8.45. The van der Waals surface area contributed by atoms with Gasteiger partial charge in [0, 0.05) is 16.0 Å². The van der Waals surface area contributed by atoms with Crippen molar-refractivity contribution in [1.29, 1.82) is 0 Å².